The van der Waals surface area contributed by atoms with Gasteiger partial charge < -0.3 is 15.7 Å². The van der Waals surface area contributed by atoms with Crippen LogP contribution < -0.4 is 10.6 Å². The molecule has 0 bridgehead atoms. The second-order valence-corrected chi connectivity index (χ2v) is 3.62. The van der Waals surface area contributed by atoms with Crippen molar-refractivity contribution in [3.05, 3.63) is 0 Å². The van der Waals surface area contributed by atoms with Crippen molar-refractivity contribution in [1.29, 1.82) is 0 Å². The first-order valence-electron chi connectivity index (χ1n) is 4.86. The highest BCUT2D eigenvalue weighted by atomic mass is 16.3. The molecule has 1 unspecified atom stereocenters. The van der Waals surface area contributed by atoms with Gasteiger partial charge in [0, 0.05) is 12.5 Å². The van der Waals surface area contributed by atoms with Gasteiger partial charge in [0.2, 0.25) is 5.91 Å². The number of carbonyl (C=O) groups is 1. The average molecular weight is 186 g/mol. The monoisotopic (exact) mass is 186 g/mol. The van der Waals surface area contributed by atoms with Gasteiger partial charge in [-0.15, -0.1) is 0 Å². The Balaban J connectivity index is 2.21. The minimum atomic E-state index is -0.453. The standard InChI is InChI=1S/C9H18N2O2/c1-7(12)6-11-9(13)8-2-4-10-5-3-8/h7-8,10,12H,2-6H2,1H3,(H,11,13). The summed E-state index contributed by atoms with van der Waals surface area (Å²) in [6.07, 6.45) is 1.36. The lowest BCUT2D eigenvalue weighted by atomic mass is 9.97. The van der Waals surface area contributed by atoms with Crippen LogP contribution in [0.1, 0.15) is 19.8 Å². The molecule has 1 heterocycles. The summed E-state index contributed by atoms with van der Waals surface area (Å²) in [5, 5.41) is 14.9. The molecule has 1 atom stereocenters. The molecule has 1 fully saturated rings. The van der Waals surface area contributed by atoms with E-state index >= 15 is 0 Å². The topological polar surface area (TPSA) is 61.4 Å². The van der Waals surface area contributed by atoms with Gasteiger partial charge in [0.15, 0.2) is 0 Å². The first-order valence-corrected chi connectivity index (χ1v) is 4.86. The van der Waals surface area contributed by atoms with Gasteiger partial charge in [0.05, 0.1) is 6.10 Å². The van der Waals surface area contributed by atoms with E-state index in [0.29, 0.717) is 6.54 Å². The van der Waals surface area contributed by atoms with Crippen molar-refractivity contribution in [2.24, 2.45) is 5.92 Å². The Morgan fingerprint density at radius 2 is 2.23 bits per heavy atom. The van der Waals surface area contributed by atoms with E-state index in [1.54, 1.807) is 6.92 Å². The van der Waals surface area contributed by atoms with E-state index in [9.17, 15) is 4.79 Å². The van der Waals surface area contributed by atoms with E-state index in [2.05, 4.69) is 10.6 Å². The Kier molecular flexibility index (Phi) is 4.18. The molecule has 76 valence electrons. The molecule has 13 heavy (non-hydrogen) atoms. The molecular weight excluding hydrogens is 168 g/mol. The van der Waals surface area contributed by atoms with Crippen molar-refractivity contribution in [2.45, 2.75) is 25.9 Å². The highest BCUT2D eigenvalue weighted by molar-refractivity contribution is 5.78. The Morgan fingerprint density at radius 1 is 1.62 bits per heavy atom. The SMILES string of the molecule is CC(O)CNC(=O)C1CCNCC1. The normalized spacial score (nSPS) is 21.1. The maximum atomic E-state index is 11.5. The van der Waals surface area contributed by atoms with Crippen LogP contribution in [-0.2, 0) is 4.79 Å². The van der Waals surface area contributed by atoms with E-state index < -0.39 is 6.10 Å². The molecular formula is C9H18N2O2. The highest BCUT2D eigenvalue weighted by Crippen LogP contribution is 2.10. The molecule has 0 saturated carbocycles. The molecule has 0 radical (unpaired) electrons. The Bertz CT molecular complexity index is 165. The smallest absolute Gasteiger partial charge is 0.223 e. The summed E-state index contributed by atoms with van der Waals surface area (Å²) < 4.78 is 0. The van der Waals surface area contributed by atoms with E-state index in [1.165, 1.54) is 0 Å². The number of aliphatic hydroxyl groups is 1. The maximum absolute atomic E-state index is 11.5. The van der Waals surface area contributed by atoms with E-state index in [0.717, 1.165) is 25.9 Å². The molecule has 1 aliphatic heterocycles. The zero-order valence-electron chi connectivity index (χ0n) is 8.05. The van der Waals surface area contributed by atoms with Gasteiger partial charge in [0.25, 0.3) is 0 Å². The fourth-order valence-corrected chi connectivity index (χ4v) is 1.48. The Labute approximate surface area is 78.7 Å². The second-order valence-electron chi connectivity index (χ2n) is 3.62. The number of nitrogens with one attached hydrogen (secondary N) is 2. The number of hydrogen-bond acceptors (Lipinski definition) is 3. The van der Waals surface area contributed by atoms with Crippen LogP contribution >= 0.6 is 0 Å². The van der Waals surface area contributed by atoms with Crippen molar-refractivity contribution >= 4 is 5.91 Å². The minimum absolute atomic E-state index is 0.0856. The van der Waals surface area contributed by atoms with Crippen LogP contribution in [0.4, 0.5) is 0 Å². The van der Waals surface area contributed by atoms with Crippen LogP contribution in [0.25, 0.3) is 0 Å². The molecule has 0 aromatic heterocycles. The van der Waals surface area contributed by atoms with Crippen LogP contribution in [0, 0.1) is 5.92 Å². The van der Waals surface area contributed by atoms with Gasteiger partial charge in [-0.05, 0) is 32.9 Å². The predicted molar refractivity (Wildman–Crippen MR) is 50.3 cm³/mol. The summed E-state index contributed by atoms with van der Waals surface area (Å²) in [5.41, 5.74) is 0. The number of aliphatic hydroxyl groups excluding tert-OH is 1. The number of carbonyl (C=O) groups excluding carboxylic acids is 1. The van der Waals surface area contributed by atoms with Crippen molar-refractivity contribution in [3.63, 3.8) is 0 Å². The lowest BCUT2D eigenvalue weighted by Crippen LogP contribution is -2.40. The molecule has 1 saturated heterocycles. The lowest BCUT2D eigenvalue weighted by Gasteiger charge is -2.22. The summed E-state index contributed by atoms with van der Waals surface area (Å²) in [7, 11) is 0. The minimum Gasteiger partial charge on any atom is -0.392 e. The van der Waals surface area contributed by atoms with E-state index in [1.807, 2.05) is 0 Å². The van der Waals surface area contributed by atoms with Crippen molar-refractivity contribution in [2.75, 3.05) is 19.6 Å². The zero-order chi connectivity index (χ0) is 9.68. The molecule has 4 nitrogen and oxygen atoms in total. The fraction of sp³-hybridized carbons (Fsp3) is 0.889. The maximum Gasteiger partial charge on any atom is 0.223 e. The largest absolute Gasteiger partial charge is 0.392 e. The van der Waals surface area contributed by atoms with Crippen LogP contribution in [0.15, 0.2) is 0 Å². The zero-order valence-corrected chi connectivity index (χ0v) is 8.05. The van der Waals surface area contributed by atoms with Crippen LogP contribution in [0.2, 0.25) is 0 Å². The van der Waals surface area contributed by atoms with Gasteiger partial charge >= 0.3 is 0 Å². The highest BCUT2D eigenvalue weighted by Gasteiger charge is 2.20. The third-order valence-corrected chi connectivity index (χ3v) is 2.28. The lowest BCUT2D eigenvalue weighted by molar-refractivity contribution is -0.126. The molecule has 4 heteroatoms. The molecule has 3 N–H and O–H groups in total. The predicted octanol–water partition coefficient (Wildman–Crippen LogP) is -0.517. The average Bonchev–Trinajstić information content (AvgIpc) is 2.15. The van der Waals surface area contributed by atoms with Crippen LogP contribution in [-0.4, -0.2) is 36.8 Å². The van der Waals surface area contributed by atoms with Gasteiger partial charge in [-0.2, -0.15) is 0 Å². The fourth-order valence-electron chi connectivity index (χ4n) is 1.48. The molecule has 1 aliphatic rings. The number of piperidine rings is 1. The summed E-state index contributed by atoms with van der Waals surface area (Å²) in [5.74, 6) is 0.224. The molecule has 0 aliphatic carbocycles. The van der Waals surface area contributed by atoms with Crippen molar-refractivity contribution in [1.82, 2.24) is 10.6 Å². The molecule has 0 spiro atoms. The van der Waals surface area contributed by atoms with Gasteiger partial charge in [0.1, 0.15) is 0 Å². The van der Waals surface area contributed by atoms with Crippen LogP contribution in [0.3, 0.4) is 0 Å². The molecule has 0 aromatic rings. The first kappa shape index (κ1) is 10.5. The second kappa shape index (κ2) is 5.19. The van der Waals surface area contributed by atoms with Gasteiger partial charge in [-0.3, -0.25) is 4.79 Å². The summed E-state index contributed by atoms with van der Waals surface area (Å²) in [6.45, 7) is 3.88. The Hall–Kier alpha value is -0.610. The first-order chi connectivity index (χ1) is 6.20. The van der Waals surface area contributed by atoms with Crippen molar-refractivity contribution in [3.8, 4) is 0 Å². The third kappa shape index (κ3) is 3.74. The van der Waals surface area contributed by atoms with Crippen molar-refractivity contribution < 1.29 is 9.90 Å². The molecule has 1 rings (SSSR count). The number of amides is 1. The third-order valence-electron chi connectivity index (χ3n) is 2.28. The summed E-state index contributed by atoms with van der Waals surface area (Å²) in [4.78, 5) is 11.5. The quantitative estimate of drug-likeness (QED) is 0.556. The van der Waals surface area contributed by atoms with Crippen LogP contribution in [0.5, 0.6) is 0 Å². The Morgan fingerprint density at radius 3 is 2.77 bits per heavy atom. The van der Waals surface area contributed by atoms with E-state index in [4.69, 9.17) is 5.11 Å². The summed E-state index contributed by atoms with van der Waals surface area (Å²) >= 11 is 0. The molecule has 1 amide bonds. The number of hydrogen-bond donors (Lipinski definition) is 3. The molecule has 0 aromatic carbocycles. The van der Waals surface area contributed by atoms with E-state index in [-0.39, 0.29) is 11.8 Å². The summed E-state index contributed by atoms with van der Waals surface area (Å²) in [6, 6.07) is 0. The number of rotatable bonds is 3. The van der Waals surface area contributed by atoms with Gasteiger partial charge in [-0.1, -0.05) is 0 Å². The van der Waals surface area contributed by atoms with Gasteiger partial charge in [-0.25, -0.2) is 0 Å².